The molecule has 0 aliphatic carbocycles. The first-order valence-corrected chi connectivity index (χ1v) is 6.69. The van der Waals surface area contributed by atoms with Crippen LogP contribution in [0.15, 0.2) is 0 Å². The Labute approximate surface area is 105 Å². The maximum absolute atomic E-state index is 13.0. The highest BCUT2D eigenvalue weighted by atomic mass is 16.6. The number of ether oxygens (including phenoxy) is 1. The molecule has 2 heterocycles. The van der Waals surface area contributed by atoms with Crippen molar-refractivity contribution in [2.45, 2.75) is 25.0 Å². The highest BCUT2D eigenvalue weighted by Gasteiger charge is 2.48. The Bertz CT molecular complexity index is 262. The van der Waals surface area contributed by atoms with Gasteiger partial charge in [0.2, 0.25) is 5.79 Å². The van der Waals surface area contributed by atoms with E-state index in [9.17, 15) is 5.11 Å². The zero-order valence-electron chi connectivity index (χ0n) is 11.3. The fourth-order valence-corrected chi connectivity index (χ4v) is 3.42. The Morgan fingerprint density at radius 2 is 1.65 bits per heavy atom. The molecular weight excluding hydrogens is 216 g/mol. The lowest BCUT2D eigenvalue weighted by Gasteiger charge is -2.41. The van der Waals surface area contributed by atoms with Crippen LogP contribution < -0.4 is 0 Å². The van der Waals surface area contributed by atoms with Gasteiger partial charge in [-0.1, -0.05) is 0 Å². The van der Waals surface area contributed by atoms with Gasteiger partial charge in [-0.25, -0.2) is 0 Å². The summed E-state index contributed by atoms with van der Waals surface area (Å²) in [5, 5.41) is 13.0. The van der Waals surface area contributed by atoms with Crippen LogP contribution in [0.5, 0.6) is 0 Å². The molecule has 2 aliphatic heterocycles. The minimum atomic E-state index is -1.18. The molecule has 4 nitrogen and oxygen atoms in total. The first kappa shape index (κ1) is 13.3. The summed E-state index contributed by atoms with van der Waals surface area (Å²) >= 11 is 0. The van der Waals surface area contributed by atoms with Crippen LogP contribution in [0.2, 0.25) is 0 Å². The van der Waals surface area contributed by atoms with Crippen molar-refractivity contribution in [3.05, 3.63) is 0 Å². The zero-order valence-corrected chi connectivity index (χ0v) is 11.3. The SMILES string of the molecule is COC([O])(C1CCCN(C)C1)C1CCN(C)C1. The molecule has 0 N–H and O–H groups in total. The molecule has 17 heavy (non-hydrogen) atoms. The smallest absolute Gasteiger partial charge is 0.209 e. The predicted octanol–water partition coefficient (Wildman–Crippen LogP) is 1.05. The first-order chi connectivity index (χ1) is 8.06. The maximum Gasteiger partial charge on any atom is 0.209 e. The molecular formula is C13H25N2O2. The molecule has 0 aromatic rings. The maximum atomic E-state index is 13.0. The Morgan fingerprint density at radius 1 is 1.06 bits per heavy atom. The number of hydrogen-bond acceptors (Lipinski definition) is 3. The molecule has 0 aromatic heterocycles. The fourth-order valence-electron chi connectivity index (χ4n) is 3.42. The third-order valence-electron chi connectivity index (χ3n) is 4.47. The summed E-state index contributed by atoms with van der Waals surface area (Å²) in [6.45, 7) is 3.91. The normalized spacial score (nSPS) is 36.0. The van der Waals surface area contributed by atoms with Crippen LogP contribution in [0, 0.1) is 11.8 Å². The van der Waals surface area contributed by atoms with E-state index in [0.29, 0.717) is 0 Å². The van der Waals surface area contributed by atoms with E-state index in [4.69, 9.17) is 4.74 Å². The Hall–Kier alpha value is -0.160. The van der Waals surface area contributed by atoms with E-state index in [1.54, 1.807) is 7.11 Å². The fraction of sp³-hybridized carbons (Fsp3) is 1.00. The number of hydrogen-bond donors (Lipinski definition) is 0. The van der Waals surface area contributed by atoms with E-state index in [1.807, 2.05) is 0 Å². The third-order valence-corrected chi connectivity index (χ3v) is 4.47. The number of methoxy groups -OCH3 is 1. The lowest BCUT2D eigenvalue weighted by Crippen LogP contribution is -2.52. The number of rotatable bonds is 3. The molecule has 0 amide bonds. The Morgan fingerprint density at radius 3 is 2.12 bits per heavy atom. The average Bonchev–Trinajstić information content (AvgIpc) is 2.75. The zero-order chi connectivity index (χ0) is 12.5. The monoisotopic (exact) mass is 241 g/mol. The van der Waals surface area contributed by atoms with Crippen LogP contribution in [0.3, 0.4) is 0 Å². The van der Waals surface area contributed by atoms with Crippen LogP contribution >= 0.6 is 0 Å². The Balaban J connectivity index is 2.07. The number of piperidine rings is 1. The predicted molar refractivity (Wildman–Crippen MR) is 66.3 cm³/mol. The van der Waals surface area contributed by atoms with Crippen LogP contribution in [0.1, 0.15) is 19.3 Å². The molecule has 0 aromatic carbocycles. The van der Waals surface area contributed by atoms with E-state index in [-0.39, 0.29) is 11.8 Å². The van der Waals surface area contributed by atoms with E-state index >= 15 is 0 Å². The van der Waals surface area contributed by atoms with Crippen LogP contribution in [-0.2, 0) is 9.84 Å². The number of nitrogens with zero attached hydrogens (tertiary/aromatic N) is 2. The minimum absolute atomic E-state index is 0.141. The Kier molecular flexibility index (Phi) is 4.08. The van der Waals surface area contributed by atoms with E-state index in [1.165, 1.54) is 0 Å². The first-order valence-electron chi connectivity index (χ1n) is 6.69. The van der Waals surface area contributed by atoms with Crippen molar-refractivity contribution in [1.29, 1.82) is 0 Å². The summed E-state index contributed by atoms with van der Waals surface area (Å²) in [5.41, 5.74) is 0. The van der Waals surface area contributed by atoms with Crippen molar-refractivity contribution in [2.75, 3.05) is 47.4 Å². The van der Waals surface area contributed by atoms with Gasteiger partial charge in [0.15, 0.2) is 0 Å². The largest absolute Gasteiger partial charge is 0.350 e. The molecule has 0 spiro atoms. The summed E-state index contributed by atoms with van der Waals surface area (Å²) < 4.78 is 5.45. The summed E-state index contributed by atoms with van der Waals surface area (Å²) in [5.74, 6) is -0.892. The molecule has 2 fully saturated rings. The van der Waals surface area contributed by atoms with Crippen molar-refractivity contribution in [1.82, 2.24) is 9.80 Å². The molecule has 0 bridgehead atoms. The van der Waals surface area contributed by atoms with Gasteiger partial charge in [0.1, 0.15) is 0 Å². The van der Waals surface area contributed by atoms with Crippen molar-refractivity contribution in [2.24, 2.45) is 11.8 Å². The molecule has 0 saturated carbocycles. The van der Waals surface area contributed by atoms with Gasteiger partial charge in [-0.3, -0.25) is 0 Å². The van der Waals surface area contributed by atoms with Crippen LogP contribution in [0.4, 0.5) is 0 Å². The summed E-state index contributed by atoms with van der Waals surface area (Å²) in [4.78, 5) is 4.50. The summed E-state index contributed by atoms with van der Waals surface area (Å²) in [6.07, 6.45) is 3.12. The second kappa shape index (κ2) is 5.22. The van der Waals surface area contributed by atoms with Gasteiger partial charge in [0, 0.05) is 32.0 Å². The van der Waals surface area contributed by atoms with E-state index < -0.39 is 5.79 Å². The minimum Gasteiger partial charge on any atom is -0.350 e. The van der Waals surface area contributed by atoms with Crippen molar-refractivity contribution in [3.8, 4) is 0 Å². The van der Waals surface area contributed by atoms with Gasteiger partial charge in [-0.05, 0) is 46.4 Å². The molecule has 2 aliphatic rings. The van der Waals surface area contributed by atoms with Crippen molar-refractivity contribution < 1.29 is 9.84 Å². The van der Waals surface area contributed by atoms with Gasteiger partial charge in [0.05, 0.1) is 0 Å². The second-order valence-electron chi connectivity index (χ2n) is 5.77. The van der Waals surface area contributed by atoms with Crippen molar-refractivity contribution in [3.63, 3.8) is 0 Å². The summed E-state index contributed by atoms with van der Waals surface area (Å²) in [7, 11) is 5.78. The number of likely N-dealkylation sites (tertiary alicyclic amines) is 2. The van der Waals surface area contributed by atoms with Gasteiger partial charge in [-0.2, -0.15) is 5.11 Å². The van der Waals surface area contributed by atoms with Crippen LogP contribution in [0.25, 0.3) is 0 Å². The van der Waals surface area contributed by atoms with Crippen molar-refractivity contribution >= 4 is 0 Å². The van der Waals surface area contributed by atoms with E-state index in [2.05, 4.69) is 23.9 Å². The quantitative estimate of drug-likeness (QED) is 0.693. The lowest BCUT2D eigenvalue weighted by atomic mass is 9.81. The molecule has 1 radical (unpaired) electrons. The topological polar surface area (TPSA) is 35.6 Å². The second-order valence-corrected chi connectivity index (χ2v) is 5.77. The van der Waals surface area contributed by atoms with Crippen LogP contribution in [-0.4, -0.2) is 63.0 Å². The average molecular weight is 241 g/mol. The molecule has 3 unspecified atom stereocenters. The molecule has 2 rings (SSSR count). The lowest BCUT2D eigenvalue weighted by molar-refractivity contribution is -0.292. The van der Waals surface area contributed by atoms with E-state index in [0.717, 1.165) is 45.4 Å². The highest BCUT2D eigenvalue weighted by molar-refractivity contribution is 4.92. The molecule has 99 valence electrons. The molecule has 2 saturated heterocycles. The van der Waals surface area contributed by atoms with Gasteiger partial charge in [0.25, 0.3) is 0 Å². The third kappa shape index (κ3) is 2.65. The van der Waals surface area contributed by atoms with Gasteiger partial charge < -0.3 is 14.5 Å². The highest BCUT2D eigenvalue weighted by Crippen LogP contribution is 2.38. The summed E-state index contributed by atoms with van der Waals surface area (Å²) in [6, 6.07) is 0. The molecule has 3 atom stereocenters. The molecule has 4 heteroatoms. The van der Waals surface area contributed by atoms with Gasteiger partial charge in [-0.15, -0.1) is 0 Å². The standard InChI is InChI=1S/C13H25N2O2/c1-14-7-4-5-11(9-14)13(16,17-3)12-6-8-15(2)10-12/h11-12H,4-10H2,1-3H3. The van der Waals surface area contributed by atoms with Gasteiger partial charge >= 0.3 is 0 Å².